The second-order valence-electron chi connectivity index (χ2n) is 9.40. The molecular formula is C26H33N7O2S. The van der Waals surface area contributed by atoms with Gasteiger partial charge >= 0.3 is 0 Å². The lowest BCUT2D eigenvalue weighted by molar-refractivity contribution is 0.491. The minimum atomic E-state index is -3.69. The summed E-state index contributed by atoms with van der Waals surface area (Å²) < 4.78 is 30.2. The second kappa shape index (κ2) is 10.8. The monoisotopic (exact) mass is 507 g/mol. The van der Waals surface area contributed by atoms with Gasteiger partial charge < -0.3 is 20.9 Å². The minimum Gasteiger partial charge on any atom is -0.385 e. The fourth-order valence-corrected chi connectivity index (χ4v) is 4.94. The highest BCUT2D eigenvalue weighted by Gasteiger charge is 2.23. The smallest absolute Gasteiger partial charge is 0.241 e. The molecule has 0 aliphatic heterocycles. The van der Waals surface area contributed by atoms with Gasteiger partial charge in [-0.1, -0.05) is 12.6 Å². The summed E-state index contributed by atoms with van der Waals surface area (Å²) >= 11 is 0. The average molecular weight is 508 g/mol. The molecule has 0 aliphatic rings. The van der Waals surface area contributed by atoms with Gasteiger partial charge in [0.1, 0.15) is 11.6 Å². The van der Waals surface area contributed by atoms with Gasteiger partial charge in [0, 0.05) is 46.8 Å². The molecule has 0 aliphatic carbocycles. The van der Waals surface area contributed by atoms with Gasteiger partial charge in [0.2, 0.25) is 10.0 Å². The highest BCUT2D eigenvalue weighted by Crippen LogP contribution is 2.22. The van der Waals surface area contributed by atoms with Crippen molar-refractivity contribution in [2.24, 2.45) is 10.7 Å². The molecule has 0 fully saturated rings. The van der Waals surface area contributed by atoms with Crippen molar-refractivity contribution >= 4 is 27.6 Å². The fourth-order valence-electron chi connectivity index (χ4n) is 3.25. The lowest BCUT2D eigenvalue weighted by Crippen LogP contribution is -2.40. The van der Waals surface area contributed by atoms with E-state index in [0.29, 0.717) is 28.5 Å². The molecule has 3 rings (SSSR count). The molecule has 5 N–H and O–H groups in total. The third-order valence-electron chi connectivity index (χ3n) is 4.99. The van der Waals surface area contributed by atoms with Crippen LogP contribution in [0.3, 0.4) is 0 Å². The van der Waals surface area contributed by atoms with Crippen molar-refractivity contribution in [3.8, 4) is 5.69 Å². The number of rotatable bonds is 9. The molecule has 2 aromatic carbocycles. The Hall–Kier alpha value is -3.89. The van der Waals surface area contributed by atoms with Gasteiger partial charge in [-0.2, -0.15) is 0 Å². The number of hydrogen-bond acceptors (Lipinski definition) is 7. The number of aromatic nitrogens is 2. The van der Waals surface area contributed by atoms with Gasteiger partial charge in [-0.05, 0) is 76.6 Å². The van der Waals surface area contributed by atoms with Crippen LogP contribution in [-0.4, -0.2) is 29.7 Å². The van der Waals surface area contributed by atoms with E-state index in [0.717, 1.165) is 11.4 Å². The predicted molar refractivity (Wildman–Crippen MR) is 147 cm³/mol. The Kier molecular flexibility index (Phi) is 8.01. The van der Waals surface area contributed by atoms with Crippen LogP contribution in [0.4, 0.5) is 11.4 Å². The molecule has 36 heavy (non-hydrogen) atoms. The van der Waals surface area contributed by atoms with Gasteiger partial charge in [-0.15, -0.1) is 0 Å². The van der Waals surface area contributed by atoms with E-state index >= 15 is 0 Å². The van der Waals surface area contributed by atoms with E-state index in [9.17, 15) is 8.42 Å². The van der Waals surface area contributed by atoms with Crippen molar-refractivity contribution in [1.29, 1.82) is 0 Å². The first-order chi connectivity index (χ1) is 16.8. The van der Waals surface area contributed by atoms with Crippen molar-refractivity contribution in [1.82, 2.24) is 14.3 Å². The summed E-state index contributed by atoms with van der Waals surface area (Å²) in [7, 11) is -3.69. The number of anilines is 2. The molecule has 9 nitrogen and oxygen atoms in total. The Bertz CT molecular complexity index is 1380. The molecule has 0 radical (unpaired) electrons. The quantitative estimate of drug-likeness (QED) is 0.316. The predicted octanol–water partition coefficient (Wildman–Crippen LogP) is 4.51. The normalized spacial score (nSPS) is 12.9. The molecule has 0 saturated heterocycles. The highest BCUT2D eigenvalue weighted by atomic mass is 32.2. The van der Waals surface area contributed by atoms with Crippen LogP contribution in [0.15, 0.2) is 94.9 Å². The van der Waals surface area contributed by atoms with Crippen molar-refractivity contribution in [2.45, 2.75) is 45.1 Å². The number of allylic oxidation sites excluding steroid dienone is 1. The summed E-state index contributed by atoms with van der Waals surface area (Å²) in [5, 5.41) is 6.19. The summed E-state index contributed by atoms with van der Waals surface area (Å²) in [6, 6.07) is 12.8. The molecule has 0 saturated carbocycles. The van der Waals surface area contributed by atoms with E-state index in [-0.39, 0.29) is 4.90 Å². The molecule has 190 valence electrons. The molecule has 3 aromatic rings. The van der Waals surface area contributed by atoms with E-state index in [1.54, 1.807) is 71.6 Å². The standard InChI is InChI=1S/C26H33N7O2S/c1-18-7-8-22(15-24(18)36(34,35)32-26(4,5)6)31-25(27)19(2)16-29-20(3)30-21-9-11-23(12-10-21)33-14-13-28-17-33/h7-17,30-32H,3,27H2,1-2,4-6H3/b25-19+,29-16-. The first kappa shape index (κ1) is 26.7. The number of hydrogen-bond donors (Lipinski definition) is 4. The van der Waals surface area contributed by atoms with Crippen LogP contribution < -0.4 is 21.1 Å². The largest absolute Gasteiger partial charge is 0.385 e. The Balaban J connectivity index is 1.67. The molecule has 1 heterocycles. The van der Waals surface area contributed by atoms with Crippen LogP contribution >= 0.6 is 0 Å². The number of sulfonamides is 1. The van der Waals surface area contributed by atoms with Gasteiger partial charge in [-0.25, -0.2) is 23.1 Å². The van der Waals surface area contributed by atoms with Crippen molar-refractivity contribution in [2.75, 3.05) is 10.6 Å². The SMILES string of the molecule is C=C(/N=C\C(C)=C(/N)Nc1ccc(C)c(S(=O)(=O)NC(C)(C)C)c1)Nc1ccc(-n2ccnc2)cc1. The van der Waals surface area contributed by atoms with Crippen LogP contribution in [0, 0.1) is 6.92 Å². The lowest BCUT2D eigenvalue weighted by Gasteiger charge is -2.21. The molecule has 0 unspecified atom stereocenters. The third kappa shape index (κ3) is 7.30. The van der Waals surface area contributed by atoms with Crippen molar-refractivity contribution in [3.63, 3.8) is 0 Å². The number of nitrogens with one attached hydrogen (secondary N) is 3. The van der Waals surface area contributed by atoms with Crippen LogP contribution in [0.5, 0.6) is 0 Å². The zero-order valence-corrected chi connectivity index (χ0v) is 22.0. The summed E-state index contributed by atoms with van der Waals surface area (Å²) in [4.78, 5) is 8.58. The Morgan fingerprint density at radius 3 is 2.39 bits per heavy atom. The molecule has 0 amide bonds. The minimum absolute atomic E-state index is 0.193. The second-order valence-corrected chi connectivity index (χ2v) is 11.1. The van der Waals surface area contributed by atoms with Gasteiger partial charge in [-0.3, -0.25) is 0 Å². The van der Waals surface area contributed by atoms with Gasteiger partial charge in [0.25, 0.3) is 0 Å². The van der Waals surface area contributed by atoms with Crippen molar-refractivity contribution < 1.29 is 8.42 Å². The maximum Gasteiger partial charge on any atom is 0.241 e. The van der Waals surface area contributed by atoms with Crippen LogP contribution in [-0.2, 0) is 10.0 Å². The molecule has 1 aromatic heterocycles. The summed E-state index contributed by atoms with van der Waals surface area (Å²) in [5.74, 6) is 0.779. The Labute approximate surface area is 212 Å². The fraction of sp³-hybridized carbons (Fsp3) is 0.231. The van der Waals surface area contributed by atoms with E-state index in [1.165, 1.54) is 0 Å². The highest BCUT2D eigenvalue weighted by molar-refractivity contribution is 7.89. The van der Waals surface area contributed by atoms with E-state index < -0.39 is 15.6 Å². The van der Waals surface area contributed by atoms with Crippen LogP contribution in [0.1, 0.15) is 33.3 Å². The topological polar surface area (TPSA) is 126 Å². The number of nitrogens with two attached hydrogens (primary N) is 1. The van der Waals surface area contributed by atoms with Crippen molar-refractivity contribution in [3.05, 3.63) is 90.5 Å². The summed E-state index contributed by atoms with van der Waals surface area (Å²) in [5.41, 5.74) is 9.28. The first-order valence-electron chi connectivity index (χ1n) is 11.3. The van der Waals surface area contributed by atoms with E-state index in [4.69, 9.17) is 5.73 Å². The van der Waals surface area contributed by atoms with Gasteiger partial charge in [0.05, 0.1) is 11.2 Å². The van der Waals surface area contributed by atoms with E-state index in [1.807, 2.05) is 35.0 Å². The maximum atomic E-state index is 12.8. The molecular weight excluding hydrogens is 474 g/mol. The summed E-state index contributed by atoms with van der Waals surface area (Å²) in [6.45, 7) is 12.9. The lowest BCUT2D eigenvalue weighted by atomic mass is 10.1. The zero-order valence-electron chi connectivity index (χ0n) is 21.2. The van der Waals surface area contributed by atoms with Crippen LogP contribution in [0.2, 0.25) is 0 Å². The maximum absolute atomic E-state index is 12.8. The first-order valence-corrected chi connectivity index (χ1v) is 12.8. The van der Waals surface area contributed by atoms with Crippen LogP contribution in [0.25, 0.3) is 5.69 Å². The number of imidazole rings is 1. The number of benzene rings is 2. The zero-order chi connectivity index (χ0) is 26.5. The molecule has 0 spiro atoms. The van der Waals surface area contributed by atoms with Gasteiger partial charge in [0.15, 0.2) is 0 Å². The Morgan fingerprint density at radius 2 is 1.78 bits per heavy atom. The summed E-state index contributed by atoms with van der Waals surface area (Å²) in [6.07, 6.45) is 6.92. The van der Waals surface area contributed by atoms with E-state index in [2.05, 4.69) is 31.9 Å². The third-order valence-corrected chi connectivity index (χ3v) is 6.89. The number of aryl methyl sites for hydroxylation is 1. The molecule has 0 bridgehead atoms. The molecule has 10 heteroatoms. The Morgan fingerprint density at radius 1 is 1.11 bits per heavy atom. The molecule has 0 atom stereocenters. The number of aliphatic imine (C=N–C) groups is 1. The number of nitrogens with zero attached hydrogens (tertiary/aromatic N) is 3. The average Bonchev–Trinajstić information content (AvgIpc) is 3.32.